The molecule has 0 fully saturated rings. The van der Waals surface area contributed by atoms with Crippen molar-refractivity contribution in [2.24, 2.45) is 5.73 Å². The zero-order valence-electron chi connectivity index (χ0n) is 9.01. The van der Waals surface area contributed by atoms with E-state index in [4.69, 9.17) is 5.73 Å². The van der Waals surface area contributed by atoms with Gasteiger partial charge in [0.05, 0.1) is 12.0 Å². The summed E-state index contributed by atoms with van der Waals surface area (Å²) in [7, 11) is 1.28. The van der Waals surface area contributed by atoms with E-state index < -0.39 is 16.9 Å². The predicted octanol–water partition coefficient (Wildman–Crippen LogP) is 0.758. The van der Waals surface area contributed by atoms with Gasteiger partial charge in [0.1, 0.15) is 6.04 Å². The quantitative estimate of drug-likeness (QED) is 0.433. The number of nitrogens with zero attached hydrogens (tertiary/aromatic N) is 1. The molecule has 0 bridgehead atoms. The summed E-state index contributed by atoms with van der Waals surface area (Å²) in [5.74, 6) is -0.468. The van der Waals surface area contributed by atoms with E-state index in [0.29, 0.717) is 19.3 Å². The number of allylic oxidation sites excluding steroid dienone is 3. The van der Waals surface area contributed by atoms with Gasteiger partial charge in [0.25, 0.3) is 0 Å². The van der Waals surface area contributed by atoms with E-state index in [1.54, 1.807) is 6.08 Å². The molecule has 0 aliphatic heterocycles. The molecule has 0 saturated heterocycles. The molecule has 1 atom stereocenters. The number of nitro groups is 1. The molecule has 0 spiro atoms. The van der Waals surface area contributed by atoms with Crippen LogP contribution in [0.3, 0.4) is 0 Å². The summed E-state index contributed by atoms with van der Waals surface area (Å²) in [5, 5.41) is 10.4. The molecule has 1 unspecified atom stereocenters. The molecule has 1 aliphatic carbocycles. The largest absolute Gasteiger partial charge is 0.468 e. The number of carbonyl (C=O) groups excluding carboxylic acids is 1. The second-order valence-electron chi connectivity index (χ2n) is 3.57. The molecule has 0 aromatic rings. The molecule has 0 radical (unpaired) electrons. The molecule has 0 amide bonds. The van der Waals surface area contributed by atoms with Crippen molar-refractivity contribution in [2.45, 2.75) is 25.3 Å². The summed E-state index contributed by atoms with van der Waals surface area (Å²) >= 11 is 0. The molecule has 16 heavy (non-hydrogen) atoms. The predicted molar refractivity (Wildman–Crippen MR) is 57.0 cm³/mol. The number of nitrogens with two attached hydrogens (primary N) is 1. The zero-order valence-corrected chi connectivity index (χ0v) is 9.01. The molecule has 1 aliphatic rings. The average molecular weight is 226 g/mol. The zero-order chi connectivity index (χ0) is 12.1. The molecule has 2 N–H and O–H groups in total. The number of carbonyl (C=O) groups is 1. The average Bonchev–Trinajstić information content (AvgIpc) is 2.28. The lowest BCUT2D eigenvalue weighted by molar-refractivity contribution is -0.428. The standard InChI is InChI=1S/C10H14N2O4/c1-16-10(13)9(11)6-7-2-4-8(5-3-7)12(14)15/h2,4,9H,3,5-6,11H2,1H3. The Labute approximate surface area is 92.9 Å². The normalized spacial score (nSPS) is 17.1. The van der Waals surface area contributed by atoms with Gasteiger partial charge in [-0.05, 0) is 12.8 Å². The van der Waals surface area contributed by atoms with Crippen LogP contribution in [0.5, 0.6) is 0 Å². The van der Waals surface area contributed by atoms with Gasteiger partial charge in [-0.25, -0.2) is 0 Å². The van der Waals surface area contributed by atoms with E-state index in [2.05, 4.69) is 4.74 Å². The second kappa shape index (κ2) is 5.41. The summed E-state index contributed by atoms with van der Waals surface area (Å²) in [6.07, 6.45) is 4.45. The number of rotatable bonds is 4. The summed E-state index contributed by atoms with van der Waals surface area (Å²) < 4.78 is 4.50. The van der Waals surface area contributed by atoms with E-state index in [0.717, 1.165) is 5.57 Å². The maximum Gasteiger partial charge on any atom is 0.322 e. The number of ether oxygens (including phenoxy) is 1. The fraction of sp³-hybridized carbons (Fsp3) is 0.500. The van der Waals surface area contributed by atoms with Gasteiger partial charge in [-0.2, -0.15) is 0 Å². The number of esters is 1. The van der Waals surface area contributed by atoms with Crippen molar-refractivity contribution in [3.63, 3.8) is 0 Å². The summed E-state index contributed by atoms with van der Waals surface area (Å²) in [4.78, 5) is 21.1. The van der Waals surface area contributed by atoms with Crippen LogP contribution in [0.15, 0.2) is 23.4 Å². The van der Waals surface area contributed by atoms with Gasteiger partial charge < -0.3 is 10.5 Å². The molecule has 0 aromatic heterocycles. The fourth-order valence-electron chi connectivity index (χ4n) is 1.51. The van der Waals surface area contributed by atoms with Crippen LogP contribution in [-0.2, 0) is 9.53 Å². The Morgan fingerprint density at radius 2 is 2.31 bits per heavy atom. The Bertz CT molecular complexity index is 360. The first-order valence-electron chi connectivity index (χ1n) is 4.91. The van der Waals surface area contributed by atoms with E-state index >= 15 is 0 Å². The van der Waals surface area contributed by atoms with Crippen molar-refractivity contribution >= 4 is 5.97 Å². The van der Waals surface area contributed by atoms with Crippen LogP contribution in [0, 0.1) is 10.1 Å². The minimum Gasteiger partial charge on any atom is -0.468 e. The van der Waals surface area contributed by atoms with Gasteiger partial charge in [-0.15, -0.1) is 0 Å². The van der Waals surface area contributed by atoms with Crippen molar-refractivity contribution < 1.29 is 14.5 Å². The Morgan fingerprint density at radius 3 is 2.75 bits per heavy atom. The van der Waals surface area contributed by atoms with Crippen LogP contribution in [0.4, 0.5) is 0 Å². The van der Waals surface area contributed by atoms with Gasteiger partial charge >= 0.3 is 5.97 Å². The van der Waals surface area contributed by atoms with Crippen LogP contribution in [0.1, 0.15) is 19.3 Å². The first-order chi connectivity index (χ1) is 7.54. The maximum absolute atomic E-state index is 11.1. The molecule has 0 aromatic carbocycles. The van der Waals surface area contributed by atoms with Crippen molar-refractivity contribution in [3.05, 3.63) is 33.5 Å². The van der Waals surface area contributed by atoms with Crippen LogP contribution in [-0.4, -0.2) is 24.0 Å². The smallest absolute Gasteiger partial charge is 0.322 e. The number of methoxy groups -OCH3 is 1. The van der Waals surface area contributed by atoms with Gasteiger partial charge in [0.15, 0.2) is 0 Å². The number of hydrogen-bond donors (Lipinski definition) is 1. The molecule has 0 heterocycles. The van der Waals surface area contributed by atoms with Crippen LogP contribution in [0.2, 0.25) is 0 Å². The second-order valence-corrected chi connectivity index (χ2v) is 3.57. The minimum absolute atomic E-state index is 0.190. The molecular formula is C10H14N2O4. The van der Waals surface area contributed by atoms with Crippen molar-refractivity contribution in [2.75, 3.05) is 7.11 Å². The molecule has 6 heteroatoms. The third-order valence-electron chi connectivity index (χ3n) is 2.43. The highest BCUT2D eigenvalue weighted by Gasteiger charge is 2.19. The highest BCUT2D eigenvalue weighted by Crippen LogP contribution is 2.21. The van der Waals surface area contributed by atoms with E-state index in [9.17, 15) is 14.9 Å². The van der Waals surface area contributed by atoms with Crippen molar-refractivity contribution in [1.82, 2.24) is 0 Å². The van der Waals surface area contributed by atoms with Crippen LogP contribution >= 0.6 is 0 Å². The molecule has 0 saturated carbocycles. The monoisotopic (exact) mass is 226 g/mol. The van der Waals surface area contributed by atoms with Gasteiger partial charge in [-0.1, -0.05) is 11.6 Å². The lowest BCUT2D eigenvalue weighted by Gasteiger charge is -2.13. The topological polar surface area (TPSA) is 95.5 Å². The molecule has 6 nitrogen and oxygen atoms in total. The first-order valence-corrected chi connectivity index (χ1v) is 4.91. The van der Waals surface area contributed by atoms with Gasteiger partial charge in [-0.3, -0.25) is 14.9 Å². The van der Waals surface area contributed by atoms with Gasteiger partial charge in [0.2, 0.25) is 5.70 Å². The number of hydrogen-bond acceptors (Lipinski definition) is 5. The Balaban J connectivity index is 2.58. The molecule has 88 valence electrons. The van der Waals surface area contributed by atoms with Crippen LogP contribution in [0.25, 0.3) is 0 Å². The Morgan fingerprint density at radius 1 is 1.62 bits per heavy atom. The summed E-state index contributed by atoms with van der Waals surface area (Å²) in [6, 6.07) is -0.693. The highest BCUT2D eigenvalue weighted by atomic mass is 16.6. The summed E-state index contributed by atoms with van der Waals surface area (Å²) in [5.41, 5.74) is 6.71. The summed E-state index contributed by atoms with van der Waals surface area (Å²) in [6.45, 7) is 0. The lowest BCUT2D eigenvalue weighted by Crippen LogP contribution is -2.32. The first kappa shape index (κ1) is 12.4. The van der Waals surface area contributed by atoms with Crippen molar-refractivity contribution in [3.8, 4) is 0 Å². The van der Waals surface area contributed by atoms with Crippen molar-refractivity contribution in [1.29, 1.82) is 0 Å². The lowest BCUT2D eigenvalue weighted by atomic mass is 9.97. The third-order valence-corrected chi connectivity index (χ3v) is 2.43. The van der Waals surface area contributed by atoms with Gasteiger partial charge in [0, 0.05) is 12.5 Å². The maximum atomic E-state index is 11.1. The van der Waals surface area contributed by atoms with E-state index in [1.165, 1.54) is 13.2 Å². The Kier molecular flexibility index (Phi) is 4.19. The molecule has 1 rings (SSSR count). The Hall–Kier alpha value is -1.69. The van der Waals surface area contributed by atoms with Crippen LogP contribution < -0.4 is 5.73 Å². The fourth-order valence-corrected chi connectivity index (χ4v) is 1.51. The highest BCUT2D eigenvalue weighted by molar-refractivity contribution is 5.75. The third kappa shape index (κ3) is 3.16. The SMILES string of the molecule is COC(=O)C(N)CC1=CC=C([N+](=O)[O-])CC1. The minimum atomic E-state index is -0.693. The molecular weight excluding hydrogens is 212 g/mol. The van der Waals surface area contributed by atoms with E-state index in [-0.39, 0.29) is 5.70 Å². The van der Waals surface area contributed by atoms with E-state index in [1.807, 2.05) is 0 Å².